The standard InChI is InChI=1S/C106H114N8O10/c1-14-28-65(8)109-83(79-40-19-32-71-36-23-44-87(109)95(71)79)58-54-75-50-51-76(55-59-84-80-41-20-33-72-37-24-45-88(96(72)80)110(84)66(9)29-15-2)93(75)99-101(117)107(18-5)105(121)113(103(99)119)69(12)62-123-91(115)48-27-49-92(116)124-63-70(13)114-104(120)100(102(118)108(64(6)7)106(114)122)94-77(56-60-85-81-42-21-34-73-38-25-46-89(97(73)81)111(85)67(10)30-16-3)52-53-78(94)57-61-86-82-43-22-35-74-39-26-47-90(98(74)82)112(86)68(11)31-17-4/h19-26,32-47,54-61,64-70H,14-18,27-31,48-53,62-63H2,1-13H3/b75-54-,76-55+,77-56+,78-57+,83-58+,84-59+,85-60+,86-61+,99-93-,100-94?. The van der Waals surface area contributed by atoms with Gasteiger partial charge in [-0.1, -0.05) is 199 Å². The Hall–Kier alpha value is -12.4. The van der Waals surface area contributed by atoms with E-state index in [4.69, 9.17) is 9.47 Å². The predicted octanol–water partition coefficient (Wildman–Crippen LogP) is 20.6. The van der Waals surface area contributed by atoms with Gasteiger partial charge in [-0.15, -0.1) is 0 Å². The van der Waals surface area contributed by atoms with Gasteiger partial charge in [0.1, 0.15) is 24.4 Å². The molecule has 0 spiro atoms. The van der Waals surface area contributed by atoms with E-state index in [0.29, 0.717) is 36.8 Å². The summed E-state index contributed by atoms with van der Waals surface area (Å²) in [4.78, 5) is 124. The average molecular weight is 1660 g/mol. The zero-order chi connectivity index (χ0) is 87.2. The lowest BCUT2D eigenvalue weighted by Crippen LogP contribution is -2.61. The molecular weight excluding hydrogens is 1550 g/mol. The summed E-state index contributed by atoms with van der Waals surface area (Å²) in [7, 11) is 0. The van der Waals surface area contributed by atoms with Crippen LogP contribution in [0.1, 0.15) is 210 Å². The van der Waals surface area contributed by atoms with Gasteiger partial charge >= 0.3 is 24.0 Å². The van der Waals surface area contributed by atoms with Crippen LogP contribution in [0, 0.1) is 0 Å². The zero-order valence-corrected chi connectivity index (χ0v) is 73.9. The van der Waals surface area contributed by atoms with Crippen molar-refractivity contribution in [3.63, 3.8) is 0 Å². The number of carbonyl (C=O) groups is 8. The molecule has 638 valence electrons. The summed E-state index contributed by atoms with van der Waals surface area (Å²) in [5.74, 6) is -4.41. The van der Waals surface area contributed by atoms with Crippen LogP contribution in [0.2, 0.25) is 0 Å². The lowest BCUT2D eigenvalue weighted by molar-refractivity contribution is -0.150. The van der Waals surface area contributed by atoms with Crippen LogP contribution in [0.3, 0.4) is 0 Å². The van der Waals surface area contributed by atoms with E-state index >= 15 is 19.2 Å². The third kappa shape index (κ3) is 15.2. The Bertz CT molecular complexity index is 6450. The monoisotopic (exact) mass is 1660 g/mol. The van der Waals surface area contributed by atoms with Gasteiger partial charge < -0.3 is 27.7 Å². The second-order valence-corrected chi connectivity index (χ2v) is 34.9. The first-order valence-corrected chi connectivity index (χ1v) is 45.1. The number of nitrogens with zero attached hydrogens (tertiary/aromatic N) is 8. The van der Waals surface area contributed by atoms with Crippen molar-refractivity contribution in [1.29, 1.82) is 0 Å². The molecule has 0 radical (unpaired) electrons. The number of urea groups is 2. The number of barbiturate groups is 2. The second kappa shape index (κ2) is 35.8. The van der Waals surface area contributed by atoms with E-state index in [2.05, 4.69) is 268 Å². The molecule has 6 unspecified atom stereocenters. The molecule has 4 fully saturated rings. The summed E-state index contributed by atoms with van der Waals surface area (Å²) < 4.78 is 21.4. The van der Waals surface area contributed by atoms with Gasteiger partial charge in [0.2, 0.25) is 0 Å². The molecule has 0 N–H and O–H groups in total. The number of allylic oxidation sites excluding steroid dienone is 10. The molecule has 16 rings (SSSR count). The molecule has 8 amide bonds. The van der Waals surface area contributed by atoms with Gasteiger partial charge in [0, 0.05) is 136 Å². The van der Waals surface area contributed by atoms with Crippen LogP contribution in [0.15, 0.2) is 214 Å². The molecule has 124 heavy (non-hydrogen) atoms. The number of rotatable bonds is 28. The quantitative estimate of drug-likeness (QED) is 0.0259. The maximum Gasteiger partial charge on any atom is 0.334 e. The second-order valence-electron chi connectivity index (χ2n) is 34.9. The van der Waals surface area contributed by atoms with Crippen LogP contribution in [0.5, 0.6) is 0 Å². The third-order valence-corrected chi connectivity index (χ3v) is 26.2. The van der Waals surface area contributed by atoms with Crippen molar-refractivity contribution in [1.82, 2.24) is 37.9 Å². The topological polar surface area (TPSA) is 188 Å². The molecule has 18 nitrogen and oxygen atoms in total. The lowest BCUT2D eigenvalue weighted by Gasteiger charge is -2.39. The van der Waals surface area contributed by atoms with Crippen molar-refractivity contribution in [2.45, 2.75) is 229 Å². The van der Waals surface area contributed by atoms with E-state index in [1.54, 1.807) is 34.6 Å². The van der Waals surface area contributed by atoms with Crippen LogP contribution in [0.25, 0.3) is 111 Å². The minimum Gasteiger partial charge on any atom is -0.463 e. The van der Waals surface area contributed by atoms with Gasteiger partial charge in [0.05, 0.1) is 12.1 Å². The van der Waals surface area contributed by atoms with E-state index in [1.807, 2.05) is 0 Å². The highest BCUT2D eigenvalue weighted by atomic mass is 16.5. The molecule has 2 aliphatic carbocycles. The first-order valence-electron chi connectivity index (χ1n) is 45.1. The summed E-state index contributed by atoms with van der Waals surface area (Å²) >= 11 is 0. The molecule has 2 saturated carbocycles. The molecule has 4 aliphatic rings. The molecule has 2 saturated heterocycles. The van der Waals surface area contributed by atoms with Crippen LogP contribution in [-0.2, 0) is 38.2 Å². The fourth-order valence-corrected chi connectivity index (χ4v) is 20.5. The van der Waals surface area contributed by atoms with Crippen molar-refractivity contribution >= 4 is 159 Å². The number of carbonyl (C=O) groups excluding carboxylic acids is 8. The molecule has 2 aliphatic heterocycles. The van der Waals surface area contributed by atoms with Crippen molar-refractivity contribution in [3.05, 3.63) is 236 Å². The highest BCUT2D eigenvalue weighted by Gasteiger charge is 2.49. The molecule has 6 atom stereocenters. The number of ether oxygens (including phenoxy) is 2. The Morgan fingerprint density at radius 3 is 0.887 bits per heavy atom. The fourth-order valence-electron chi connectivity index (χ4n) is 20.5. The van der Waals surface area contributed by atoms with Crippen molar-refractivity contribution in [2.24, 2.45) is 0 Å². The average Bonchev–Trinajstić information content (AvgIpc) is 1.59. The zero-order valence-electron chi connectivity index (χ0n) is 73.9. The van der Waals surface area contributed by atoms with E-state index in [9.17, 15) is 19.2 Å². The molecule has 18 heteroatoms. The fraction of sp³-hybridized carbons (Fsp3) is 0.358. The Morgan fingerprint density at radius 1 is 0.331 bits per heavy atom. The molecule has 0 bridgehead atoms. The van der Waals surface area contributed by atoms with Crippen molar-refractivity contribution in [3.8, 4) is 0 Å². The Kier molecular flexibility index (Phi) is 24.6. The highest BCUT2D eigenvalue weighted by molar-refractivity contribution is 6.31. The minimum absolute atomic E-state index is 0.0169. The molecular formula is C106H114N8O10. The summed E-state index contributed by atoms with van der Waals surface area (Å²) in [5.41, 5.74) is 8.25. The number of likely N-dealkylation sites (N-methyl/N-ethyl adjacent to an activating group) is 1. The van der Waals surface area contributed by atoms with Crippen LogP contribution < -0.4 is 21.4 Å². The Labute approximate surface area is 724 Å². The molecule has 12 aromatic rings. The predicted molar refractivity (Wildman–Crippen MR) is 498 cm³/mol. The van der Waals surface area contributed by atoms with E-state index < -0.39 is 79.0 Å². The van der Waals surface area contributed by atoms with Gasteiger partial charge in [-0.25, -0.2) is 9.59 Å². The molecule has 4 aromatic heterocycles. The normalized spacial score (nSPS) is 19.4. The largest absolute Gasteiger partial charge is 0.463 e. The molecule has 8 aromatic carbocycles. The molecule has 6 heterocycles. The number of hydrogen-bond acceptors (Lipinski definition) is 10. The number of esters is 2. The highest BCUT2D eigenvalue weighted by Crippen LogP contribution is 2.44. The number of amides is 8. The SMILES string of the molecule is CCCC(C)n1/c(=C/C=C2/CCC(=C\C=c3/c4cccc5cccc(c54)n3C(C)CCC)/C2=C2/C(=O)N(CC)C(=O)N(C(C)COC(=O)CCCC(=O)OCC(C)N3C(=O)C(=C4/C(=C/C=c5\c6cccc7cccc(c76)n5C(C)CCC)CC/C4=C\C=c4/c5cccc6cccc(c65)n4C(C)CCC)C(=O)N(C(C)C)C3=O)C2=O)c2cccc3cccc1c32. The first-order chi connectivity index (χ1) is 60.0. The number of benzene rings is 8. The van der Waals surface area contributed by atoms with Crippen LogP contribution in [0.4, 0.5) is 9.59 Å². The van der Waals surface area contributed by atoms with Crippen molar-refractivity contribution in [2.75, 3.05) is 19.8 Å². The maximum absolute atomic E-state index is 15.8. The Balaban J connectivity index is 0.671. The summed E-state index contributed by atoms with van der Waals surface area (Å²) in [6, 6.07) is 47.3. The number of aromatic nitrogens is 4. The lowest BCUT2D eigenvalue weighted by atomic mass is 9.94. The van der Waals surface area contributed by atoms with Crippen LogP contribution >= 0.6 is 0 Å². The van der Waals surface area contributed by atoms with E-state index in [0.717, 1.165) is 180 Å². The number of imide groups is 4. The van der Waals surface area contributed by atoms with Crippen LogP contribution in [-0.4, -0.2) is 123 Å². The smallest absolute Gasteiger partial charge is 0.334 e. The Morgan fingerprint density at radius 2 is 0.605 bits per heavy atom. The summed E-state index contributed by atoms with van der Waals surface area (Å²) in [6.45, 7) is 25.3. The summed E-state index contributed by atoms with van der Waals surface area (Å²) in [6.07, 6.45) is 25.9. The first kappa shape index (κ1) is 85.1. The number of hydrogen-bond donors (Lipinski definition) is 0. The van der Waals surface area contributed by atoms with Gasteiger partial charge in [0.25, 0.3) is 23.6 Å². The maximum atomic E-state index is 15.8. The third-order valence-electron chi connectivity index (χ3n) is 26.2. The minimum atomic E-state index is -1.06. The van der Waals surface area contributed by atoms with Gasteiger partial charge in [-0.3, -0.25) is 48.4 Å². The van der Waals surface area contributed by atoms with E-state index in [1.165, 1.54) is 21.5 Å². The van der Waals surface area contributed by atoms with Crippen molar-refractivity contribution < 1.29 is 47.8 Å². The van der Waals surface area contributed by atoms with Gasteiger partial charge in [0.15, 0.2) is 0 Å². The summed E-state index contributed by atoms with van der Waals surface area (Å²) in [5, 5.41) is 17.6. The van der Waals surface area contributed by atoms with E-state index in [-0.39, 0.29) is 61.1 Å². The van der Waals surface area contributed by atoms with Gasteiger partial charge in [-0.05, 0) is 224 Å². The van der Waals surface area contributed by atoms with Gasteiger partial charge in [-0.2, -0.15) is 0 Å².